The second kappa shape index (κ2) is 7.36. The van der Waals surface area contributed by atoms with E-state index in [1.807, 2.05) is 18.2 Å². The number of fused-ring (bicyclic) bond motifs is 2. The SMILES string of the molecule is Cc1ccc(CN2CC[C@]3(COCc4c(C)nc(-c5ccccc5)nc43)C2)cc1. The van der Waals surface area contributed by atoms with Crippen LogP contribution in [0, 0.1) is 13.8 Å². The molecule has 2 aromatic carbocycles. The topological polar surface area (TPSA) is 38.2 Å². The second-order valence-electron chi connectivity index (χ2n) is 8.55. The lowest BCUT2D eigenvalue weighted by molar-refractivity contribution is 0.0498. The van der Waals surface area contributed by atoms with E-state index in [1.165, 1.54) is 22.4 Å². The van der Waals surface area contributed by atoms with Gasteiger partial charge in [0.25, 0.3) is 0 Å². The number of nitrogens with zero attached hydrogens (tertiary/aromatic N) is 3. The quantitative estimate of drug-likeness (QED) is 0.668. The highest BCUT2D eigenvalue weighted by Crippen LogP contribution is 2.41. The molecule has 1 spiro atoms. The summed E-state index contributed by atoms with van der Waals surface area (Å²) in [5.74, 6) is 0.833. The van der Waals surface area contributed by atoms with Gasteiger partial charge in [0.1, 0.15) is 0 Å². The Hall–Kier alpha value is -2.56. The van der Waals surface area contributed by atoms with Crippen LogP contribution < -0.4 is 0 Å². The molecule has 29 heavy (non-hydrogen) atoms. The molecule has 0 bridgehead atoms. The van der Waals surface area contributed by atoms with Crippen LogP contribution in [0.3, 0.4) is 0 Å². The Morgan fingerprint density at radius 1 is 1.00 bits per heavy atom. The summed E-state index contributed by atoms with van der Waals surface area (Å²) in [5.41, 5.74) is 7.17. The van der Waals surface area contributed by atoms with Crippen molar-refractivity contribution < 1.29 is 4.74 Å². The molecule has 0 radical (unpaired) electrons. The smallest absolute Gasteiger partial charge is 0.159 e. The van der Waals surface area contributed by atoms with E-state index >= 15 is 0 Å². The molecule has 4 heteroatoms. The molecular weight excluding hydrogens is 358 g/mol. The molecule has 3 heterocycles. The van der Waals surface area contributed by atoms with E-state index in [1.54, 1.807) is 0 Å². The Labute approximate surface area is 172 Å². The van der Waals surface area contributed by atoms with E-state index in [0.717, 1.165) is 49.7 Å². The molecule has 1 aromatic heterocycles. The van der Waals surface area contributed by atoms with E-state index in [4.69, 9.17) is 14.7 Å². The first-order chi connectivity index (χ1) is 14.1. The number of benzene rings is 2. The van der Waals surface area contributed by atoms with Gasteiger partial charge >= 0.3 is 0 Å². The van der Waals surface area contributed by atoms with Crippen molar-refractivity contribution in [3.8, 4) is 11.4 Å². The summed E-state index contributed by atoms with van der Waals surface area (Å²) < 4.78 is 6.07. The average molecular weight is 386 g/mol. The molecule has 2 aliphatic rings. The first-order valence-corrected chi connectivity index (χ1v) is 10.4. The minimum absolute atomic E-state index is 0.0322. The van der Waals surface area contributed by atoms with Crippen molar-refractivity contribution in [2.75, 3.05) is 19.7 Å². The van der Waals surface area contributed by atoms with E-state index in [9.17, 15) is 0 Å². The molecule has 1 atom stereocenters. The fourth-order valence-electron chi connectivity index (χ4n) is 4.70. The van der Waals surface area contributed by atoms with Gasteiger partial charge in [-0.25, -0.2) is 9.97 Å². The van der Waals surface area contributed by atoms with Gasteiger partial charge in [0, 0.05) is 29.9 Å². The lowest BCUT2D eigenvalue weighted by Gasteiger charge is -2.35. The van der Waals surface area contributed by atoms with Gasteiger partial charge in [-0.15, -0.1) is 0 Å². The van der Waals surface area contributed by atoms with Gasteiger partial charge in [-0.2, -0.15) is 0 Å². The van der Waals surface area contributed by atoms with Crippen molar-refractivity contribution in [3.63, 3.8) is 0 Å². The largest absolute Gasteiger partial charge is 0.376 e. The number of ether oxygens (including phenoxy) is 1. The Balaban J connectivity index is 1.47. The van der Waals surface area contributed by atoms with Gasteiger partial charge < -0.3 is 4.74 Å². The van der Waals surface area contributed by atoms with E-state index in [0.29, 0.717) is 6.61 Å². The van der Waals surface area contributed by atoms with E-state index in [-0.39, 0.29) is 5.41 Å². The van der Waals surface area contributed by atoms with Crippen LogP contribution in [0.5, 0.6) is 0 Å². The third-order valence-corrected chi connectivity index (χ3v) is 6.33. The van der Waals surface area contributed by atoms with Crippen LogP contribution in [0.2, 0.25) is 0 Å². The van der Waals surface area contributed by atoms with Crippen molar-refractivity contribution in [2.24, 2.45) is 0 Å². The lowest BCUT2D eigenvalue weighted by atomic mass is 9.80. The average Bonchev–Trinajstić information content (AvgIpc) is 3.14. The lowest BCUT2D eigenvalue weighted by Crippen LogP contribution is -2.41. The number of hydrogen-bond acceptors (Lipinski definition) is 4. The zero-order valence-electron chi connectivity index (χ0n) is 17.2. The number of likely N-dealkylation sites (tertiary alicyclic amines) is 1. The minimum atomic E-state index is -0.0322. The molecule has 0 N–H and O–H groups in total. The van der Waals surface area contributed by atoms with Crippen LogP contribution in [-0.4, -0.2) is 34.6 Å². The molecule has 148 valence electrons. The van der Waals surface area contributed by atoms with Gasteiger partial charge in [0.2, 0.25) is 0 Å². The zero-order chi connectivity index (χ0) is 19.8. The highest BCUT2D eigenvalue weighted by Gasteiger charge is 2.45. The first-order valence-electron chi connectivity index (χ1n) is 10.4. The van der Waals surface area contributed by atoms with Gasteiger partial charge in [-0.05, 0) is 32.4 Å². The predicted molar refractivity (Wildman–Crippen MR) is 115 cm³/mol. The Morgan fingerprint density at radius 3 is 2.59 bits per heavy atom. The molecule has 5 rings (SSSR count). The third kappa shape index (κ3) is 3.47. The van der Waals surface area contributed by atoms with Crippen molar-refractivity contribution >= 4 is 0 Å². The number of aromatic nitrogens is 2. The van der Waals surface area contributed by atoms with Crippen LogP contribution in [0.4, 0.5) is 0 Å². The molecule has 2 aliphatic heterocycles. The fourth-order valence-corrected chi connectivity index (χ4v) is 4.70. The maximum absolute atomic E-state index is 6.07. The standard InChI is InChI=1S/C25H27N3O/c1-18-8-10-20(11-9-18)14-28-13-12-25(16-28)17-29-15-22-19(2)26-24(27-23(22)25)21-6-4-3-5-7-21/h3-11H,12-17H2,1-2H3/t25-/m1/s1. The summed E-state index contributed by atoms with van der Waals surface area (Å²) in [6.07, 6.45) is 1.08. The van der Waals surface area contributed by atoms with Crippen molar-refractivity contribution in [1.82, 2.24) is 14.9 Å². The maximum atomic E-state index is 6.07. The second-order valence-corrected chi connectivity index (χ2v) is 8.55. The minimum Gasteiger partial charge on any atom is -0.376 e. The van der Waals surface area contributed by atoms with Gasteiger partial charge in [-0.3, -0.25) is 4.90 Å². The van der Waals surface area contributed by atoms with Gasteiger partial charge in [0.05, 0.1) is 24.3 Å². The Morgan fingerprint density at radius 2 is 1.79 bits per heavy atom. The fraction of sp³-hybridized carbons (Fsp3) is 0.360. The summed E-state index contributed by atoms with van der Waals surface area (Å²) >= 11 is 0. The summed E-state index contributed by atoms with van der Waals surface area (Å²) in [5, 5.41) is 0. The molecule has 1 saturated heterocycles. The molecule has 0 amide bonds. The van der Waals surface area contributed by atoms with Crippen LogP contribution >= 0.6 is 0 Å². The molecule has 0 saturated carbocycles. The van der Waals surface area contributed by atoms with Gasteiger partial charge in [-0.1, -0.05) is 60.2 Å². The van der Waals surface area contributed by atoms with Gasteiger partial charge in [0.15, 0.2) is 5.82 Å². The summed E-state index contributed by atoms with van der Waals surface area (Å²) in [4.78, 5) is 12.5. The molecule has 4 nitrogen and oxygen atoms in total. The summed E-state index contributed by atoms with van der Waals surface area (Å²) in [6.45, 7) is 8.63. The summed E-state index contributed by atoms with van der Waals surface area (Å²) in [7, 11) is 0. The first kappa shape index (κ1) is 18.5. The van der Waals surface area contributed by atoms with Crippen molar-refractivity contribution in [2.45, 2.75) is 38.8 Å². The van der Waals surface area contributed by atoms with Crippen LogP contribution in [-0.2, 0) is 23.3 Å². The third-order valence-electron chi connectivity index (χ3n) is 6.33. The molecule has 3 aromatic rings. The molecule has 1 fully saturated rings. The predicted octanol–water partition coefficient (Wildman–Crippen LogP) is 4.43. The number of rotatable bonds is 3. The van der Waals surface area contributed by atoms with E-state index in [2.05, 4.69) is 55.1 Å². The number of hydrogen-bond donors (Lipinski definition) is 0. The van der Waals surface area contributed by atoms with Crippen molar-refractivity contribution in [1.29, 1.82) is 0 Å². The maximum Gasteiger partial charge on any atom is 0.159 e. The van der Waals surface area contributed by atoms with Crippen LogP contribution in [0.25, 0.3) is 11.4 Å². The van der Waals surface area contributed by atoms with E-state index < -0.39 is 0 Å². The molecule has 0 unspecified atom stereocenters. The Kier molecular flexibility index (Phi) is 4.69. The van der Waals surface area contributed by atoms with Crippen LogP contribution in [0.1, 0.15) is 34.5 Å². The summed E-state index contributed by atoms with van der Waals surface area (Å²) in [6, 6.07) is 19.2. The van der Waals surface area contributed by atoms with Crippen molar-refractivity contribution in [3.05, 3.63) is 82.7 Å². The number of aryl methyl sites for hydroxylation is 2. The molecule has 0 aliphatic carbocycles. The highest BCUT2D eigenvalue weighted by molar-refractivity contribution is 5.56. The Bertz CT molecular complexity index is 1020. The molecular formula is C25H27N3O. The highest BCUT2D eigenvalue weighted by atomic mass is 16.5. The van der Waals surface area contributed by atoms with Crippen LogP contribution in [0.15, 0.2) is 54.6 Å². The monoisotopic (exact) mass is 385 g/mol. The normalized spacial score (nSPS) is 21.4. The zero-order valence-corrected chi connectivity index (χ0v) is 17.2.